The number of carbonyl (C=O) groups excluding carboxylic acids is 2. The van der Waals surface area contributed by atoms with E-state index in [0.717, 1.165) is 19.3 Å². The molecule has 10 nitrogen and oxygen atoms in total. The molecule has 0 radical (unpaired) electrons. The molecule has 1 aliphatic rings. The van der Waals surface area contributed by atoms with E-state index in [9.17, 15) is 24.8 Å². The second kappa shape index (κ2) is 9.77. The molecule has 28 heavy (non-hydrogen) atoms. The van der Waals surface area contributed by atoms with Crippen LogP contribution in [0, 0.1) is 10.1 Å². The highest BCUT2D eigenvalue weighted by atomic mass is 16.6. The molecular weight excluding hydrogens is 368 g/mol. The lowest BCUT2D eigenvalue weighted by atomic mass is 10.1. The van der Waals surface area contributed by atoms with E-state index in [0.29, 0.717) is 13.1 Å². The van der Waals surface area contributed by atoms with E-state index in [1.54, 1.807) is 19.0 Å². The molecule has 3 amide bonds. The average molecular weight is 394 g/mol. The molecule has 0 spiro atoms. The largest absolute Gasteiger partial charge is 0.508 e. The first-order chi connectivity index (χ1) is 13.3. The quantitative estimate of drug-likeness (QED) is 0.585. The van der Waals surface area contributed by atoms with E-state index < -0.39 is 11.0 Å². The molecule has 1 aliphatic heterocycles. The second-order valence-electron chi connectivity index (χ2n) is 6.83. The standard InChI is InChI=1S/C18H26N4O6/c1-19(2)17(24)21(10-11-28-18(25)20-8-4-3-5-9-20)13-14-12-15(23)6-7-16(14)22(26)27/h6-7,12,23H,3-5,8-11,13H2,1-2H3. The summed E-state index contributed by atoms with van der Waals surface area (Å²) in [5.41, 5.74) is 0.00206. The van der Waals surface area contributed by atoms with Crippen LogP contribution >= 0.6 is 0 Å². The van der Waals surface area contributed by atoms with Crippen molar-refractivity contribution in [3.63, 3.8) is 0 Å². The molecular formula is C18H26N4O6. The zero-order valence-corrected chi connectivity index (χ0v) is 16.2. The SMILES string of the molecule is CN(C)C(=O)N(CCOC(=O)N1CCCCC1)Cc1cc(O)ccc1[N+](=O)[O-]. The fourth-order valence-corrected chi connectivity index (χ4v) is 3.02. The Morgan fingerprint density at radius 3 is 2.54 bits per heavy atom. The number of hydrogen-bond acceptors (Lipinski definition) is 6. The highest BCUT2D eigenvalue weighted by Gasteiger charge is 2.23. The highest BCUT2D eigenvalue weighted by molar-refractivity contribution is 5.74. The van der Waals surface area contributed by atoms with Crippen molar-refractivity contribution in [2.45, 2.75) is 25.8 Å². The number of piperidine rings is 1. The Morgan fingerprint density at radius 1 is 1.25 bits per heavy atom. The molecule has 10 heteroatoms. The normalized spacial score (nSPS) is 13.7. The van der Waals surface area contributed by atoms with Crippen molar-refractivity contribution < 1.29 is 24.4 Å². The van der Waals surface area contributed by atoms with E-state index >= 15 is 0 Å². The molecule has 2 rings (SSSR count). The lowest BCUT2D eigenvalue weighted by Gasteiger charge is -2.28. The van der Waals surface area contributed by atoms with Crippen molar-refractivity contribution in [1.82, 2.24) is 14.7 Å². The number of ether oxygens (including phenoxy) is 1. The van der Waals surface area contributed by atoms with Crippen LogP contribution in [0.3, 0.4) is 0 Å². The van der Waals surface area contributed by atoms with Crippen LogP contribution in [-0.2, 0) is 11.3 Å². The van der Waals surface area contributed by atoms with Gasteiger partial charge in [0.2, 0.25) is 0 Å². The Kier molecular flexibility index (Phi) is 7.42. The van der Waals surface area contributed by atoms with E-state index in [-0.39, 0.29) is 42.7 Å². The van der Waals surface area contributed by atoms with Gasteiger partial charge in [0.25, 0.3) is 5.69 Å². The summed E-state index contributed by atoms with van der Waals surface area (Å²) in [5, 5.41) is 20.9. The van der Waals surface area contributed by atoms with Crippen LogP contribution in [-0.4, -0.2) is 77.2 Å². The number of carbonyl (C=O) groups is 2. The van der Waals surface area contributed by atoms with Crippen LogP contribution in [0.25, 0.3) is 0 Å². The second-order valence-corrected chi connectivity index (χ2v) is 6.83. The Bertz CT molecular complexity index is 718. The molecule has 1 aromatic rings. The maximum absolute atomic E-state index is 12.5. The minimum absolute atomic E-state index is 0.0263. The fraction of sp³-hybridized carbons (Fsp3) is 0.556. The summed E-state index contributed by atoms with van der Waals surface area (Å²) in [6, 6.07) is 3.29. The number of likely N-dealkylation sites (tertiary alicyclic amines) is 1. The van der Waals surface area contributed by atoms with Crippen molar-refractivity contribution in [2.24, 2.45) is 0 Å². The van der Waals surface area contributed by atoms with E-state index in [1.165, 1.54) is 28.0 Å². The number of phenols is 1. The Hall–Kier alpha value is -3.04. The van der Waals surface area contributed by atoms with E-state index in [1.807, 2.05) is 0 Å². The lowest BCUT2D eigenvalue weighted by Crippen LogP contribution is -2.42. The van der Waals surface area contributed by atoms with Gasteiger partial charge in [0, 0.05) is 33.3 Å². The van der Waals surface area contributed by atoms with Crippen LogP contribution in [0.2, 0.25) is 0 Å². The Morgan fingerprint density at radius 2 is 1.93 bits per heavy atom. The third kappa shape index (κ3) is 5.73. The number of phenolic OH excluding ortho intramolecular Hbond substituents is 1. The topological polar surface area (TPSA) is 116 Å². The van der Waals surface area contributed by atoms with Gasteiger partial charge in [-0.25, -0.2) is 9.59 Å². The van der Waals surface area contributed by atoms with E-state index in [4.69, 9.17) is 4.74 Å². The summed E-state index contributed by atoms with van der Waals surface area (Å²) >= 11 is 0. The zero-order chi connectivity index (χ0) is 20.7. The number of amides is 3. The number of nitro benzene ring substituents is 1. The van der Waals surface area contributed by atoms with Crippen molar-refractivity contribution in [3.8, 4) is 5.75 Å². The number of urea groups is 1. The van der Waals surface area contributed by atoms with Crippen molar-refractivity contribution in [3.05, 3.63) is 33.9 Å². The molecule has 1 aromatic carbocycles. The molecule has 1 fully saturated rings. The van der Waals surface area contributed by atoms with Gasteiger partial charge in [-0.3, -0.25) is 10.1 Å². The number of aromatic hydroxyl groups is 1. The first-order valence-corrected chi connectivity index (χ1v) is 9.14. The molecule has 0 atom stereocenters. The summed E-state index contributed by atoms with van der Waals surface area (Å²) in [6.07, 6.45) is 2.57. The number of benzene rings is 1. The minimum atomic E-state index is -0.566. The molecule has 154 valence electrons. The van der Waals surface area contributed by atoms with Gasteiger partial charge in [-0.1, -0.05) is 0 Å². The predicted molar refractivity (Wildman–Crippen MR) is 101 cm³/mol. The highest BCUT2D eigenvalue weighted by Crippen LogP contribution is 2.25. The van der Waals surface area contributed by atoms with Crippen LogP contribution in [0.5, 0.6) is 5.75 Å². The van der Waals surface area contributed by atoms with Gasteiger partial charge in [0.05, 0.1) is 23.6 Å². The fourth-order valence-electron chi connectivity index (χ4n) is 3.02. The molecule has 1 saturated heterocycles. The maximum atomic E-state index is 12.5. The van der Waals surface area contributed by atoms with Crippen molar-refractivity contribution in [2.75, 3.05) is 40.3 Å². The van der Waals surface area contributed by atoms with Crippen LogP contribution < -0.4 is 0 Å². The Labute approximate surface area is 163 Å². The number of nitrogens with zero attached hydrogens (tertiary/aromatic N) is 4. The predicted octanol–water partition coefficient (Wildman–Crippen LogP) is 2.41. The number of rotatable bonds is 6. The van der Waals surface area contributed by atoms with Crippen molar-refractivity contribution >= 4 is 17.8 Å². The molecule has 1 N–H and O–H groups in total. The van der Waals surface area contributed by atoms with Gasteiger partial charge in [-0.15, -0.1) is 0 Å². The van der Waals surface area contributed by atoms with Crippen LogP contribution in [0.4, 0.5) is 15.3 Å². The maximum Gasteiger partial charge on any atom is 0.409 e. The van der Waals surface area contributed by atoms with E-state index in [2.05, 4.69) is 0 Å². The smallest absolute Gasteiger partial charge is 0.409 e. The minimum Gasteiger partial charge on any atom is -0.508 e. The zero-order valence-electron chi connectivity index (χ0n) is 16.2. The molecule has 0 saturated carbocycles. The van der Waals surface area contributed by atoms with Gasteiger partial charge in [-0.2, -0.15) is 0 Å². The lowest BCUT2D eigenvalue weighted by molar-refractivity contribution is -0.385. The molecule has 0 unspecified atom stereocenters. The summed E-state index contributed by atoms with van der Waals surface area (Å²) < 4.78 is 5.27. The molecule has 0 bridgehead atoms. The summed E-state index contributed by atoms with van der Waals surface area (Å²) in [6.45, 7) is 1.28. The monoisotopic (exact) mass is 394 g/mol. The first-order valence-electron chi connectivity index (χ1n) is 9.14. The van der Waals surface area contributed by atoms with Gasteiger partial charge < -0.3 is 24.5 Å². The first kappa shape index (κ1) is 21.3. The molecule has 0 aliphatic carbocycles. The van der Waals surface area contributed by atoms with Gasteiger partial charge in [0.15, 0.2) is 0 Å². The summed E-state index contributed by atoms with van der Waals surface area (Å²) in [7, 11) is 3.12. The summed E-state index contributed by atoms with van der Waals surface area (Å²) in [4.78, 5) is 39.5. The van der Waals surface area contributed by atoms with Gasteiger partial charge in [0.1, 0.15) is 12.4 Å². The number of nitro groups is 1. The van der Waals surface area contributed by atoms with Crippen LogP contribution in [0.1, 0.15) is 24.8 Å². The Balaban J connectivity index is 2.04. The van der Waals surface area contributed by atoms with Crippen molar-refractivity contribution in [1.29, 1.82) is 0 Å². The van der Waals surface area contributed by atoms with Crippen LogP contribution in [0.15, 0.2) is 18.2 Å². The number of hydrogen-bond donors (Lipinski definition) is 1. The molecule has 0 aromatic heterocycles. The third-order valence-electron chi connectivity index (χ3n) is 4.48. The van der Waals surface area contributed by atoms with Gasteiger partial charge >= 0.3 is 12.1 Å². The summed E-state index contributed by atoms with van der Waals surface area (Å²) in [5.74, 6) is -0.130. The third-order valence-corrected chi connectivity index (χ3v) is 4.48. The van der Waals surface area contributed by atoms with Gasteiger partial charge in [-0.05, 0) is 31.4 Å². The average Bonchev–Trinajstić information content (AvgIpc) is 2.66. The molecule has 1 heterocycles.